The molecule has 7 N–H and O–H groups in total. The van der Waals surface area contributed by atoms with Crippen molar-refractivity contribution >= 4 is 0 Å². The molecule has 4 nitrogen and oxygen atoms in total. The molecule has 0 bridgehead atoms. The van der Waals surface area contributed by atoms with Crippen LogP contribution in [0.4, 0.5) is 0 Å². The zero-order valence-corrected chi connectivity index (χ0v) is 6.10. The average molecular weight is 139 g/mol. The Morgan fingerprint density at radius 3 is 1.44 bits per heavy atom. The Kier molecular flexibility index (Phi) is 8.31. The standard InChI is InChI=1S/C5H13NO.2H2O/c1-4(6)5(2,3)7;;/h4,7H,6H2,1-3H3;2*1H2. The molecule has 1 atom stereocenters. The fourth-order valence-electron chi connectivity index (χ4n) is 0. The van der Waals surface area contributed by atoms with Crippen LogP contribution in [0, 0.1) is 0 Å². The smallest absolute Gasteiger partial charge is 0.0739 e. The summed E-state index contributed by atoms with van der Waals surface area (Å²) in [6, 6.07) is -0.146. The van der Waals surface area contributed by atoms with Crippen LogP contribution in [-0.4, -0.2) is 27.7 Å². The van der Waals surface area contributed by atoms with Crippen molar-refractivity contribution in [2.45, 2.75) is 32.4 Å². The molecule has 1 unspecified atom stereocenters. The molecule has 9 heavy (non-hydrogen) atoms. The highest BCUT2D eigenvalue weighted by molar-refractivity contribution is 4.74. The number of rotatable bonds is 1. The maximum atomic E-state index is 8.97. The van der Waals surface area contributed by atoms with Crippen molar-refractivity contribution in [2.24, 2.45) is 5.73 Å². The number of hydrogen-bond donors (Lipinski definition) is 2. The van der Waals surface area contributed by atoms with E-state index in [4.69, 9.17) is 10.8 Å². The third-order valence-corrected chi connectivity index (χ3v) is 1.11. The van der Waals surface area contributed by atoms with Gasteiger partial charge in [-0.1, -0.05) is 0 Å². The van der Waals surface area contributed by atoms with Crippen LogP contribution < -0.4 is 5.73 Å². The quantitative estimate of drug-likeness (QED) is 0.458. The molecular weight excluding hydrogens is 122 g/mol. The van der Waals surface area contributed by atoms with Gasteiger partial charge in [0.1, 0.15) is 0 Å². The molecule has 0 aromatic heterocycles. The van der Waals surface area contributed by atoms with Crippen LogP contribution in [0.2, 0.25) is 0 Å². The summed E-state index contributed by atoms with van der Waals surface area (Å²) < 4.78 is 0. The highest BCUT2D eigenvalue weighted by Crippen LogP contribution is 2.03. The van der Waals surface area contributed by atoms with Gasteiger partial charge in [-0.2, -0.15) is 0 Å². The molecule has 4 heteroatoms. The zero-order valence-electron chi connectivity index (χ0n) is 6.10. The van der Waals surface area contributed by atoms with Crippen molar-refractivity contribution in [1.29, 1.82) is 0 Å². The lowest BCUT2D eigenvalue weighted by molar-refractivity contribution is 0.0582. The Morgan fingerprint density at radius 2 is 1.44 bits per heavy atom. The summed E-state index contributed by atoms with van der Waals surface area (Å²) in [5.74, 6) is 0. The minimum Gasteiger partial charge on any atom is -0.412 e. The first kappa shape index (κ1) is 15.9. The average Bonchev–Trinajstić information content (AvgIpc) is 1.31. The van der Waals surface area contributed by atoms with E-state index in [2.05, 4.69) is 0 Å². The van der Waals surface area contributed by atoms with Gasteiger partial charge in [-0.25, -0.2) is 0 Å². The number of aliphatic hydroxyl groups is 1. The highest BCUT2D eigenvalue weighted by Gasteiger charge is 2.16. The Morgan fingerprint density at radius 1 is 1.33 bits per heavy atom. The molecule has 0 amide bonds. The first-order chi connectivity index (χ1) is 2.94. The molecule has 0 aromatic carbocycles. The van der Waals surface area contributed by atoms with Gasteiger partial charge in [-0.3, -0.25) is 0 Å². The van der Waals surface area contributed by atoms with Gasteiger partial charge < -0.3 is 21.8 Å². The molecule has 0 aromatic rings. The normalized spacial score (nSPS) is 13.0. The van der Waals surface area contributed by atoms with Gasteiger partial charge in [-0.05, 0) is 20.8 Å². The van der Waals surface area contributed by atoms with E-state index in [0.29, 0.717) is 0 Å². The van der Waals surface area contributed by atoms with Crippen molar-refractivity contribution in [1.82, 2.24) is 0 Å². The maximum absolute atomic E-state index is 8.97. The van der Waals surface area contributed by atoms with Crippen LogP contribution >= 0.6 is 0 Å². The minimum atomic E-state index is -0.722. The summed E-state index contributed by atoms with van der Waals surface area (Å²) in [6.07, 6.45) is 0. The van der Waals surface area contributed by atoms with Gasteiger partial charge in [0.15, 0.2) is 0 Å². The fourth-order valence-corrected chi connectivity index (χ4v) is 0. The predicted octanol–water partition coefficient (Wildman–Crippen LogP) is -1.54. The van der Waals surface area contributed by atoms with E-state index in [1.807, 2.05) is 0 Å². The summed E-state index contributed by atoms with van der Waals surface area (Å²) in [5.41, 5.74) is 4.60. The largest absolute Gasteiger partial charge is 0.412 e. The van der Waals surface area contributed by atoms with Crippen molar-refractivity contribution in [2.75, 3.05) is 0 Å². The Balaban J connectivity index is -0.000000180. The maximum Gasteiger partial charge on any atom is 0.0739 e. The van der Waals surface area contributed by atoms with Crippen molar-refractivity contribution in [3.05, 3.63) is 0 Å². The second kappa shape index (κ2) is 4.69. The molecule has 0 spiro atoms. The predicted molar refractivity (Wildman–Crippen MR) is 37.2 cm³/mol. The molecule has 0 fully saturated rings. The molecule has 0 radical (unpaired) electrons. The summed E-state index contributed by atoms with van der Waals surface area (Å²) >= 11 is 0. The minimum absolute atomic E-state index is 0. The van der Waals surface area contributed by atoms with E-state index in [1.165, 1.54) is 0 Å². The molecular formula is C5H17NO3. The van der Waals surface area contributed by atoms with Crippen molar-refractivity contribution in [3.8, 4) is 0 Å². The van der Waals surface area contributed by atoms with Gasteiger partial charge in [0.2, 0.25) is 0 Å². The summed E-state index contributed by atoms with van der Waals surface area (Å²) in [6.45, 7) is 5.16. The Labute approximate surface area is 55.3 Å². The van der Waals surface area contributed by atoms with Crippen LogP contribution in [0.3, 0.4) is 0 Å². The van der Waals surface area contributed by atoms with Gasteiger partial charge in [0.05, 0.1) is 5.60 Å². The zero-order chi connectivity index (χ0) is 6.08. The first-order valence-corrected chi connectivity index (χ1v) is 2.42. The lowest BCUT2D eigenvalue weighted by Crippen LogP contribution is -2.40. The van der Waals surface area contributed by atoms with Crippen LogP contribution in [0.25, 0.3) is 0 Å². The lowest BCUT2D eigenvalue weighted by Gasteiger charge is -2.20. The van der Waals surface area contributed by atoms with Crippen LogP contribution in [0.15, 0.2) is 0 Å². The third-order valence-electron chi connectivity index (χ3n) is 1.11. The van der Waals surface area contributed by atoms with Gasteiger partial charge in [-0.15, -0.1) is 0 Å². The van der Waals surface area contributed by atoms with Gasteiger partial charge in [0.25, 0.3) is 0 Å². The van der Waals surface area contributed by atoms with Crippen molar-refractivity contribution < 1.29 is 16.1 Å². The van der Waals surface area contributed by atoms with Gasteiger partial charge >= 0.3 is 0 Å². The third kappa shape index (κ3) is 7.84. The molecule has 0 aliphatic rings. The molecule has 0 heterocycles. The van der Waals surface area contributed by atoms with E-state index < -0.39 is 5.60 Å². The first-order valence-electron chi connectivity index (χ1n) is 2.42. The lowest BCUT2D eigenvalue weighted by atomic mass is 10.0. The summed E-state index contributed by atoms with van der Waals surface area (Å²) in [5, 5.41) is 8.97. The number of nitrogens with two attached hydrogens (primary N) is 1. The van der Waals surface area contributed by atoms with E-state index in [0.717, 1.165) is 0 Å². The Hall–Kier alpha value is -0.160. The molecule has 60 valence electrons. The van der Waals surface area contributed by atoms with E-state index >= 15 is 0 Å². The molecule has 0 rings (SSSR count). The number of hydrogen-bond acceptors (Lipinski definition) is 2. The van der Waals surface area contributed by atoms with Crippen LogP contribution in [0.5, 0.6) is 0 Å². The van der Waals surface area contributed by atoms with E-state index in [-0.39, 0.29) is 17.0 Å². The van der Waals surface area contributed by atoms with Crippen LogP contribution in [0.1, 0.15) is 20.8 Å². The van der Waals surface area contributed by atoms with Crippen molar-refractivity contribution in [3.63, 3.8) is 0 Å². The summed E-state index contributed by atoms with van der Waals surface area (Å²) in [4.78, 5) is 0. The topological polar surface area (TPSA) is 109 Å². The fraction of sp³-hybridized carbons (Fsp3) is 1.00. The van der Waals surface area contributed by atoms with Crippen LogP contribution in [-0.2, 0) is 0 Å². The molecule has 0 saturated carbocycles. The second-order valence-corrected chi connectivity index (χ2v) is 2.44. The molecule has 0 aliphatic heterocycles. The highest BCUT2D eigenvalue weighted by atomic mass is 16.3. The monoisotopic (exact) mass is 139 g/mol. The second-order valence-electron chi connectivity index (χ2n) is 2.44. The van der Waals surface area contributed by atoms with E-state index in [1.54, 1.807) is 20.8 Å². The summed E-state index contributed by atoms with van der Waals surface area (Å²) in [7, 11) is 0. The molecule has 0 aliphatic carbocycles. The van der Waals surface area contributed by atoms with Gasteiger partial charge in [0, 0.05) is 6.04 Å². The molecule has 0 saturated heterocycles. The SMILES string of the molecule is CC(N)C(C)(C)O.O.O. The van der Waals surface area contributed by atoms with E-state index in [9.17, 15) is 0 Å². The Bertz CT molecular complexity index is 57.7.